The molecule has 7 nitrogen and oxygen atoms in total. The molecule has 0 aliphatic rings. The highest BCUT2D eigenvalue weighted by Crippen LogP contribution is 2.40. The van der Waals surface area contributed by atoms with E-state index in [9.17, 15) is 4.79 Å². The molecular formula is C49H84N2O5. The van der Waals surface area contributed by atoms with E-state index in [1.54, 1.807) is 30.3 Å². The van der Waals surface area contributed by atoms with Gasteiger partial charge < -0.3 is 30.4 Å². The Morgan fingerprint density at radius 1 is 0.429 bits per heavy atom. The molecule has 0 amide bonds. The first kappa shape index (κ1) is 49.1. The van der Waals surface area contributed by atoms with Gasteiger partial charge in [0.2, 0.25) is 5.75 Å². The van der Waals surface area contributed by atoms with Crippen LogP contribution in [0.5, 0.6) is 23.0 Å². The van der Waals surface area contributed by atoms with Crippen molar-refractivity contribution < 1.29 is 23.7 Å². The van der Waals surface area contributed by atoms with Crippen molar-refractivity contribution in [2.45, 2.75) is 213 Å². The van der Waals surface area contributed by atoms with Crippen molar-refractivity contribution in [2.24, 2.45) is 0 Å². The van der Waals surface area contributed by atoms with Crippen LogP contribution in [0.25, 0.3) is 0 Å². The zero-order chi connectivity index (χ0) is 40.3. The van der Waals surface area contributed by atoms with E-state index in [4.69, 9.17) is 30.4 Å². The molecular weight excluding hydrogens is 697 g/mol. The normalized spacial score (nSPS) is 11.2. The second-order valence-electron chi connectivity index (χ2n) is 16.1. The highest BCUT2D eigenvalue weighted by atomic mass is 16.5. The summed E-state index contributed by atoms with van der Waals surface area (Å²) in [6, 6.07) is 8.37. The van der Waals surface area contributed by atoms with Crippen LogP contribution in [0.15, 0.2) is 30.3 Å². The van der Waals surface area contributed by atoms with Crippen LogP contribution in [-0.2, 0) is 0 Å². The lowest BCUT2D eigenvalue weighted by Gasteiger charge is -2.19. The fourth-order valence-corrected chi connectivity index (χ4v) is 7.18. The molecule has 7 heteroatoms. The maximum absolute atomic E-state index is 13.6. The minimum absolute atomic E-state index is 0.270. The van der Waals surface area contributed by atoms with Crippen LogP contribution in [0.1, 0.15) is 224 Å². The SMILES string of the molecule is CCCCCCCCCCCCOc1cc(C(=O)Oc2ccc(N)cc2N)cc(OCCCCCCCCCCCC)c1OCCCCCCCCCCCC. The number of nitrogen functional groups attached to an aromatic ring is 2. The van der Waals surface area contributed by atoms with E-state index in [0.717, 1.165) is 38.5 Å². The fourth-order valence-electron chi connectivity index (χ4n) is 7.18. The molecule has 0 unspecified atom stereocenters. The van der Waals surface area contributed by atoms with Gasteiger partial charge in [-0.2, -0.15) is 0 Å². The Balaban J connectivity index is 2.08. The van der Waals surface area contributed by atoms with Gasteiger partial charge in [-0.05, 0) is 49.6 Å². The molecule has 0 aromatic heterocycles. The zero-order valence-corrected chi connectivity index (χ0v) is 36.4. The minimum Gasteiger partial charge on any atom is -0.490 e. The van der Waals surface area contributed by atoms with E-state index in [2.05, 4.69) is 20.8 Å². The number of benzene rings is 2. The van der Waals surface area contributed by atoms with E-state index >= 15 is 0 Å². The molecule has 56 heavy (non-hydrogen) atoms. The number of carbonyl (C=O) groups is 1. The van der Waals surface area contributed by atoms with Crippen LogP contribution >= 0.6 is 0 Å². The lowest BCUT2D eigenvalue weighted by molar-refractivity contribution is 0.0734. The summed E-state index contributed by atoms with van der Waals surface area (Å²) in [6.07, 6.45) is 37.7. The summed E-state index contributed by atoms with van der Waals surface area (Å²) < 4.78 is 25.1. The molecule has 0 radical (unpaired) electrons. The van der Waals surface area contributed by atoms with Gasteiger partial charge in [0.25, 0.3) is 0 Å². The number of unbranched alkanes of at least 4 members (excludes halogenated alkanes) is 27. The molecule has 0 saturated carbocycles. The van der Waals surface area contributed by atoms with Gasteiger partial charge in [-0.3, -0.25) is 0 Å². The van der Waals surface area contributed by atoms with Crippen molar-refractivity contribution in [3.8, 4) is 23.0 Å². The molecule has 0 bridgehead atoms. The van der Waals surface area contributed by atoms with E-state index in [-0.39, 0.29) is 5.75 Å². The molecule has 0 saturated heterocycles. The Bertz CT molecular complexity index is 1200. The number of esters is 1. The summed E-state index contributed by atoms with van der Waals surface area (Å²) in [5.41, 5.74) is 13.2. The minimum atomic E-state index is -0.532. The molecule has 4 N–H and O–H groups in total. The van der Waals surface area contributed by atoms with Crippen molar-refractivity contribution >= 4 is 17.3 Å². The number of anilines is 2. The predicted octanol–water partition coefficient (Wildman–Crippen LogP) is 15.0. The van der Waals surface area contributed by atoms with Gasteiger partial charge in [0, 0.05) is 5.69 Å². The van der Waals surface area contributed by atoms with Gasteiger partial charge in [0.1, 0.15) is 0 Å². The quantitative estimate of drug-likeness (QED) is 0.0302. The van der Waals surface area contributed by atoms with Crippen LogP contribution in [-0.4, -0.2) is 25.8 Å². The van der Waals surface area contributed by atoms with Crippen molar-refractivity contribution in [2.75, 3.05) is 31.3 Å². The van der Waals surface area contributed by atoms with Gasteiger partial charge >= 0.3 is 5.97 Å². The number of rotatable bonds is 38. The molecule has 0 fully saturated rings. The van der Waals surface area contributed by atoms with E-state index < -0.39 is 5.97 Å². The second-order valence-corrected chi connectivity index (χ2v) is 16.1. The maximum atomic E-state index is 13.6. The summed E-state index contributed by atoms with van der Waals surface area (Å²) in [4.78, 5) is 13.6. The number of hydrogen-bond donors (Lipinski definition) is 2. The first-order chi connectivity index (χ1) is 27.5. The lowest BCUT2D eigenvalue weighted by Crippen LogP contribution is -2.12. The van der Waals surface area contributed by atoms with Crippen LogP contribution in [0.2, 0.25) is 0 Å². The van der Waals surface area contributed by atoms with Crippen molar-refractivity contribution in [3.63, 3.8) is 0 Å². The highest BCUT2D eigenvalue weighted by molar-refractivity contribution is 5.93. The summed E-state index contributed by atoms with van der Waals surface area (Å²) >= 11 is 0. The van der Waals surface area contributed by atoms with Crippen LogP contribution in [0.3, 0.4) is 0 Å². The molecule has 0 heterocycles. The number of carbonyl (C=O) groups excluding carboxylic acids is 1. The molecule has 2 aromatic rings. The summed E-state index contributed by atoms with van der Waals surface area (Å²) in [7, 11) is 0. The standard InChI is InChI=1S/C49H84N2O5/c1-4-7-10-13-16-19-22-25-28-31-36-53-46-39-42(49(52)56-45-35-34-43(50)41-44(45)51)40-47(54-37-32-29-26-23-20-17-14-11-8-5-2)48(46)55-38-33-30-27-24-21-18-15-12-9-6-3/h34-35,39-41H,4-33,36-38,50-51H2,1-3H3. The van der Waals surface area contributed by atoms with E-state index in [1.807, 2.05) is 0 Å². The van der Waals surface area contributed by atoms with Crippen molar-refractivity contribution in [1.82, 2.24) is 0 Å². The van der Waals surface area contributed by atoms with Gasteiger partial charge in [-0.15, -0.1) is 0 Å². The number of ether oxygens (including phenoxy) is 4. The fraction of sp³-hybridized carbons (Fsp3) is 0.735. The highest BCUT2D eigenvalue weighted by Gasteiger charge is 2.21. The van der Waals surface area contributed by atoms with Crippen molar-refractivity contribution in [3.05, 3.63) is 35.9 Å². The molecule has 320 valence electrons. The summed E-state index contributed by atoms with van der Waals surface area (Å²) in [5.74, 6) is 1.39. The summed E-state index contributed by atoms with van der Waals surface area (Å²) in [6.45, 7) is 8.47. The Kier molecular flexibility index (Phi) is 29.8. The van der Waals surface area contributed by atoms with Crippen LogP contribution < -0.4 is 30.4 Å². The molecule has 0 aliphatic carbocycles. The molecule has 0 aliphatic heterocycles. The first-order valence-corrected chi connectivity index (χ1v) is 23.4. The Morgan fingerprint density at radius 2 is 0.768 bits per heavy atom. The first-order valence-electron chi connectivity index (χ1n) is 23.4. The third-order valence-corrected chi connectivity index (χ3v) is 10.7. The third kappa shape index (κ3) is 23.9. The van der Waals surface area contributed by atoms with Gasteiger partial charge in [0.15, 0.2) is 17.2 Å². The van der Waals surface area contributed by atoms with Crippen molar-refractivity contribution in [1.29, 1.82) is 0 Å². The largest absolute Gasteiger partial charge is 0.490 e. The molecule has 2 aromatic carbocycles. The van der Waals surface area contributed by atoms with Gasteiger partial charge in [0.05, 0.1) is 31.1 Å². The predicted molar refractivity (Wildman–Crippen MR) is 239 cm³/mol. The molecule has 2 rings (SSSR count). The smallest absolute Gasteiger partial charge is 0.343 e. The van der Waals surface area contributed by atoms with Gasteiger partial charge in [-0.1, -0.05) is 194 Å². The van der Waals surface area contributed by atoms with Crippen LogP contribution in [0.4, 0.5) is 11.4 Å². The Hall–Kier alpha value is -3.09. The van der Waals surface area contributed by atoms with Gasteiger partial charge in [-0.25, -0.2) is 4.79 Å². The summed E-state index contributed by atoms with van der Waals surface area (Å²) in [5, 5.41) is 0. The van der Waals surface area contributed by atoms with E-state index in [0.29, 0.717) is 54.0 Å². The average molecular weight is 781 g/mol. The zero-order valence-electron chi connectivity index (χ0n) is 36.4. The topological polar surface area (TPSA) is 106 Å². The molecule has 0 spiro atoms. The number of nitrogens with two attached hydrogens (primary N) is 2. The van der Waals surface area contributed by atoms with Crippen LogP contribution in [0, 0.1) is 0 Å². The van der Waals surface area contributed by atoms with E-state index in [1.165, 1.54) is 154 Å². The second kappa shape index (κ2) is 34.0. The maximum Gasteiger partial charge on any atom is 0.343 e. The Labute approximate surface area is 343 Å². The number of hydrogen-bond acceptors (Lipinski definition) is 7. The lowest BCUT2D eigenvalue weighted by atomic mass is 10.1. The molecule has 0 atom stereocenters. The monoisotopic (exact) mass is 781 g/mol. The average Bonchev–Trinajstić information content (AvgIpc) is 3.19. The third-order valence-electron chi connectivity index (χ3n) is 10.7. The Morgan fingerprint density at radius 3 is 1.12 bits per heavy atom.